The molecule has 0 amide bonds. The zero-order valence-corrected chi connectivity index (χ0v) is 13.7. The summed E-state index contributed by atoms with van der Waals surface area (Å²) >= 11 is 0. The average Bonchev–Trinajstić information content (AvgIpc) is 3.05. The summed E-state index contributed by atoms with van der Waals surface area (Å²) in [5.41, 5.74) is 3.02. The van der Waals surface area contributed by atoms with Crippen LogP contribution in [0.15, 0.2) is 47.1 Å². The third kappa shape index (κ3) is 3.22. The Morgan fingerprint density at radius 2 is 1.96 bits per heavy atom. The predicted octanol–water partition coefficient (Wildman–Crippen LogP) is 4.38. The van der Waals surface area contributed by atoms with Crippen molar-refractivity contribution in [2.45, 2.75) is 20.1 Å². The summed E-state index contributed by atoms with van der Waals surface area (Å²) < 4.78 is 17.2. The normalized spacial score (nSPS) is 11.3. The number of ether oxygens (including phenoxy) is 2. The second-order valence-corrected chi connectivity index (χ2v) is 5.24. The quantitative estimate of drug-likeness (QED) is 0.476. The van der Waals surface area contributed by atoms with Crippen LogP contribution in [-0.4, -0.2) is 24.5 Å². The molecule has 1 aromatic carbocycles. The smallest absolute Gasteiger partial charge is 0.217 e. The van der Waals surface area contributed by atoms with E-state index in [1.807, 2.05) is 38.1 Å². The fourth-order valence-corrected chi connectivity index (χ4v) is 2.60. The molecule has 2 aromatic heterocycles. The molecule has 0 radical (unpaired) electrons. The van der Waals surface area contributed by atoms with E-state index in [9.17, 15) is 4.79 Å². The van der Waals surface area contributed by atoms with Crippen LogP contribution in [-0.2, 0) is 9.47 Å². The van der Waals surface area contributed by atoms with Gasteiger partial charge in [0.15, 0.2) is 5.76 Å². The van der Waals surface area contributed by atoms with Crippen LogP contribution >= 0.6 is 0 Å². The zero-order chi connectivity index (χ0) is 16.9. The van der Waals surface area contributed by atoms with Crippen LogP contribution in [0.25, 0.3) is 22.1 Å². The number of fused-ring (bicyclic) bond motifs is 1. The van der Waals surface area contributed by atoms with E-state index in [0.29, 0.717) is 30.1 Å². The standard InChI is InChI=1S/C19H19NO4/c1-3-22-19(23-4-2)17-9-15-10-20-11-16(18(15)24-17)14-7-5-6-13(8-14)12-21/h5-12,19H,3-4H2,1-2H3. The number of hydrogen-bond donors (Lipinski definition) is 0. The number of rotatable bonds is 7. The maximum absolute atomic E-state index is 11.0. The van der Waals surface area contributed by atoms with Gasteiger partial charge in [0.1, 0.15) is 11.9 Å². The molecule has 0 N–H and O–H groups in total. The Hall–Kier alpha value is -2.50. The van der Waals surface area contributed by atoms with E-state index in [4.69, 9.17) is 13.9 Å². The number of carbonyl (C=O) groups excluding carboxylic acids is 1. The first-order valence-corrected chi connectivity index (χ1v) is 7.93. The Morgan fingerprint density at radius 1 is 1.17 bits per heavy atom. The largest absolute Gasteiger partial charge is 0.455 e. The number of hydrogen-bond acceptors (Lipinski definition) is 5. The summed E-state index contributed by atoms with van der Waals surface area (Å²) in [5, 5.41) is 0.864. The zero-order valence-electron chi connectivity index (χ0n) is 13.7. The monoisotopic (exact) mass is 325 g/mol. The number of carbonyl (C=O) groups is 1. The van der Waals surface area contributed by atoms with Gasteiger partial charge in [0.25, 0.3) is 0 Å². The highest BCUT2D eigenvalue weighted by atomic mass is 16.7. The molecule has 124 valence electrons. The molecule has 0 spiro atoms. The van der Waals surface area contributed by atoms with Crippen LogP contribution in [0.3, 0.4) is 0 Å². The third-order valence-corrected chi connectivity index (χ3v) is 3.64. The van der Waals surface area contributed by atoms with Crippen molar-refractivity contribution in [3.63, 3.8) is 0 Å². The number of furan rings is 1. The molecule has 0 unspecified atom stereocenters. The van der Waals surface area contributed by atoms with Gasteiger partial charge in [-0.3, -0.25) is 9.78 Å². The van der Waals surface area contributed by atoms with Gasteiger partial charge in [-0.05, 0) is 31.5 Å². The number of pyridine rings is 1. The van der Waals surface area contributed by atoms with Gasteiger partial charge < -0.3 is 13.9 Å². The van der Waals surface area contributed by atoms with E-state index >= 15 is 0 Å². The SMILES string of the molecule is CCOC(OCC)c1cc2cncc(-c3cccc(C=O)c3)c2o1. The van der Waals surface area contributed by atoms with Gasteiger partial charge in [0.2, 0.25) is 6.29 Å². The lowest BCUT2D eigenvalue weighted by molar-refractivity contribution is -0.150. The molecule has 0 saturated carbocycles. The maximum Gasteiger partial charge on any atom is 0.217 e. The van der Waals surface area contributed by atoms with Crippen molar-refractivity contribution in [1.29, 1.82) is 0 Å². The Kier molecular flexibility index (Phi) is 5.03. The number of nitrogens with zero attached hydrogens (tertiary/aromatic N) is 1. The van der Waals surface area contributed by atoms with Crippen LogP contribution < -0.4 is 0 Å². The molecule has 0 atom stereocenters. The van der Waals surface area contributed by atoms with Crippen molar-refractivity contribution >= 4 is 17.3 Å². The fourth-order valence-electron chi connectivity index (χ4n) is 2.60. The van der Waals surface area contributed by atoms with Crippen molar-refractivity contribution in [2.24, 2.45) is 0 Å². The molecule has 0 saturated heterocycles. The summed E-state index contributed by atoms with van der Waals surface area (Å²) in [6.07, 6.45) is 3.76. The highest BCUT2D eigenvalue weighted by Crippen LogP contribution is 2.33. The predicted molar refractivity (Wildman–Crippen MR) is 90.8 cm³/mol. The van der Waals surface area contributed by atoms with E-state index < -0.39 is 6.29 Å². The molecular weight excluding hydrogens is 306 g/mol. The lowest BCUT2D eigenvalue weighted by atomic mass is 10.0. The topological polar surface area (TPSA) is 61.6 Å². The van der Waals surface area contributed by atoms with Crippen LogP contribution in [0.2, 0.25) is 0 Å². The number of aldehydes is 1. The van der Waals surface area contributed by atoms with Gasteiger partial charge in [-0.15, -0.1) is 0 Å². The Morgan fingerprint density at radius 3 is 2.67 bits per heavy atom. The summed E-state index contributed by atoms with van der Waals surface area (Å²) in [7, 11) is 0. The van der Waals surface area contributed by atoms with Gasteiger partial charge in [0, 0.05) is 42.1 Å². The van der Waals surface area contributed by atoms with Crippen LogP contribution in [0.5, 0.6) is 0 Å². The maximum atomic E-state index is 11.0. The molecule has 0 aliphatic rings. The minimum atomic E-state index is -0.540. The molecule has 24 heavy (non-hydrogen) atoms. The summed E-state index contributed by atoms with van der Waals surface area (Å²) in [6.45, 7) is 4.86. The molecule has 0 bridgehead atoms. The molecule has 3 aromatic rings. The summed E-state index contributed by atoms with van der Waals surface area (Å²) in [6, 6.07) is 9.22. The van der Waals surface area contributed by atoms with Gasteiger partial charge >= 0.3 is 0 Å². The Labute approximate surface area is 140 Å². The van der Waals surface area contributed by atoms with E-state index in [0.717, 1.165) is 22.8 Å². The van der Waals surface area contributed by atoms with Crippen molar-refractivity contribution in [3.05, 3.63) is 54.0 Å². The molecule has 0 aliphatic heterocycles. The molecule has 0 aliphatic carbocycles. The second kappa shape index (κ2) is 7.38. The van der Waals surface area contributed by atoms with Gasteiger partial charge in [-0.25, -0.2) is 0 Å². The van der Waals surface area contributed by atoms with Crippen molar-refractivity contribution in [3.8, 4) is 11.1 Å². The van der Waals surface area contributed by atoms with E-state index in [1.54, 1.807) is 18.5 Å². The Bertz CT molecular complexity index is 834. The van der Waals surface area contributed by atoms with Crippen LogP contribution in [0, 0.1) is 0 Å². The molecule has 2 heterocycles. The van der Waals surface area contributed by atoms with Crippen molar-refractivity contribution < 1.29 is 18.7 Å². The minimum Gasteiger partial charge on any atom is -0.455 e. The molecule has 0 fully saturated rings. The van der Waals surface area contributed by atoms with Crippen molar-refractivity contribution in [2.75, 3.05) is 13.2 Å². The van der Waals surface area contributed by atoms with Gasteiger partial charge in [-0.1, -0.05) is 18.2 Å². The van der Waals surface area contributed by atoms with E-state index in [1.165, 1.54) is 0 Å². The first-order valence-electron chi connectivity index (χ1n) is 7.93. The number of aromatic nitrogens is 1. The molecule has 5 nitrogen and oxygen atoms in total. The van der Waals surface area contributed by atoms with Gasteiger partial charge in [-0.2, -0.15) is 0 Å². The third-order valence-electron chi connectivity index (χ3n) is 3.64. The van der Waals surface area contributed by atoms with Crippen LogP contribution in [0.1, 0.15) is 36.3 Å². The average molecular weight is 325 g/mol. The molecule has 3 rings (SSSR count). The first kappa shape index (κ1) is 16.4. The molecule has 5 heteroatoms. The highest BCUT2D eigenvalue weighted by molar-refractivity contribution is 5.93. The first-order chi connectivity index (χ1) is 11.8. The number of benzene rings is 1. The highest BCUT2D eigenvalue weighted by Gasteiger charge is 2.19. The minimum absolute atomic E-state index is 0.522. The van der Waals surface area contributed by atoms with Crippen LogP contribution in [0.4, 0.5) is 0 Å². The Balaban J connectivity index is 2.08. The van der Waals surface area contributed by atoms with E-state index in [2.05, 4.69) is 4.98 Å². The van der Waals surface area contributed by atoms with Crippen molar-refractivity contribution in [1.82, 2.24) is 4.98 Å². The van der Waals surface area contributed by atoms with Gasteiger partial charge in [0.05, 0.1) is 0 Å². The summed E-state index contributed by atoms with van der Waals surface area (Å²) in [4.78, 5) is 15.3. The second-order valence-electron chi connectivity index (χ2n) is 5.24. The lowest BCUT2D eigenvalue weighted by Gasteiger charge is -2.13. The summed E-state index contributed by atoms with van der Waals surface area (Å²) in [5.74, 6) is 0.606. The lowest BCUT2D eigenvalue weighted by Crippen LogP contribution is -2.07. The molecular formula is C19H19NO4. The van der Waals surface area contributed by atoms with E-state index in [-0.39, 0.29) is 0 Å². The fraction of sp³-hybridized carbons (Fsp3) is 0.263.